The Kier molecular flexibility index (Phi) is 6.31. The Morgan fingerprint density at radius 3 is 2.82 bits per heavy atom. The number of rotatable bonds is 7. The topological polar surface area (TPSA) is 46.6 Å². The van der Waals surface area contributed by atoms with Gasteiger partial charge in [0.15, 0.2) is 0 Å². The molecule has 0 bridgehead atoms. The summed E-state index contributed by atoms with van der Waals surface area (Å²) in [6.45, 7) is 0.582. The molecule has 1 aliphatic rings. The molecule has 0 aromatic heterocycles. The lowest BCUT2D eigenvalue weighted by molar-refractivity contribution is -0.141. The molecule has 1 aliphatic carbocycles. The third-order valence-corrected chi connectivity index (χ3v) is 4.94. The summed E-state index contributed by atoms with van der Waals surface area (Å²) in [4.78, 5) is 26.0. The maximum absolute atomic E-state index is 12.1. The van der Waals surface area contributed by atoms with Gasteiger partial charge in [0.05, 0.1) is 12.9 Å². The molecule has 4 nitrogen and oxygen atoms in total. The van der Waals surface area contributed by atoms with Crippen molar-refractivity contribution in [3.8, 4) is 0 Å². The predicted molar refractivity (Wildman–Crippen MR) is 88.1 cm³/mol. The number of nitrogens with zero attached hydrogens (tertiary/aromatic N) is 1. The van der Waals surface area contributed by atoms with Crippen molar-refractivity contribution in [2.45, 2.75) is 37.0 Å². The number of ether oxygens (including phenoxy) is 1. The first-order valence-electron chi connectivity index (χ1n) is 7.65. The number of amides is 1. The second-order valence-electron chi connectivity index (χ2n) is 5.57. The molecule has 0 N–H and O–H groups in total. The molecule has 0 saturated heterocycles. The molecule has 0 saturated carbocycles. The van der Waals surface area contributed by atoms with E-state index in [1.54, 1.807) is 23.7 Å². The number of hydrogen-bond acceptors (Lipinski definition) is 4. The van der Waals surface area contributed by atoms with E-state index in [1.807, 2.05) is 0 Å². The minimum absolute atomic E-state index is 0.0929. The number of carbonyl (C=O) groups excluding carboxylic acids is 2. The number of methoxy groups -OCH3 is 1. The molecule has 22 heavy (non-hydrogen) atoms. The Balaban J connectivity index is 1.73. The zero-order valence-corrected chi connectivity index (χ0v) is 14.1. The van der Waals surface area contributed by atoms with Gasteiger partial charge in [0, 0.05) is 24.9 Å². The molecule has 1 aromatic carbocycles. The standard InChI is InChI=1S/C17H23NO3S/c1-18(10-4-7-17(20)21-2)16(19)12-22-15-9-8-13-5-3-6-14(13)11-15/h8-9,11H,3-7,10,12H2,1-2H3. The zero-order valence-electron chi connectivity index (χ0n) is 13.3. The normalized spacial score (nSPS) is 12.8. The van der Waals surface area contributed by atoms with E-state index in [0.717, 1.165) is 11.3 Å². The monoisotopic (exact) mass is 321 g/mol. The average molecular weight is 321 g/mol. The lowest BCUT2D eigenvalue weighted by atomic mass is 10.1. The summed E-state index contributed by atoms with van der Waals surface area (Å²) in [5.41, 5.74) is 2.89. The van der Waals surface area contributed by atoms with Crippen molar-refractivity contribution in [2.24, 2.45) is 0 Å². The van der Waals surface area contributed by atoms with Gasteiger partial charge in [0.2, 0.25) is 5.91 Å². The second kappa shape index (κ2) is 8.22. The van der Waals surface area contributed by atoms with E-state index in [2.05, 4.69) is 22.9 Å². The molecule has 0 spiro atoms. The van der Waals surface area contributed by atoms with Gasteiger partial charge in [-0.05, 0) is 48.9 Å². The average Bonchev–Trinajstić information content (AvgIpc) is 2.99. The van der Waals surface area contributed by atoms with Crippen LogP contribution in [0.15, 0.2) is 23.1 Å². The summed E-state index contributed by atoms with van der Waals surface area (Å²) in [5.74, 6) is 0.303. The van der Waals surface area contributed by atoms with Gasteiger partial charge in [-0.3, -0.25) is 9.59 Å². The van der Waals surface area contributed by atoms with Gasteiger partial charge in [-0.2, -0.15) is 0 Å². The molecule has 0 fully saturated rings. The van der Waals surface area contributed by atoms with Crippen molar-refractivity contribution < 1.29 is 14.3 Å². The lowest BCUT2D eigenvalue weighted by Crippen LogP contribution is -2.29. The second-order valence-corrected chi connectivity index (χ2v) is 6.62. The molecule has 0 aliphatic heterocycles. The highest BCUT2D eigenvalue weighted by atomic mass is 32.2. The van der Waals surface area contributed by atoms with E-state index in [-0.39, 0.29) is 11.9 Å². The number of aryl methyl sites for hydroxylation is 2. The van der Waals surface area contributed by atoms with Gasteiger partial charge in [0.1, 0.15) is 0 Å². The van der Waals surface area contributed by atoms with Crippen LogP contribution in [0, 0.1) is 0 Å². The lowest BCUT2D eigenvalue weighted by Gasteiger charge is -2.16. The quantitative estimate of drug-likeness (QED) is 0.572. The van der Waals surface area contributed by atoms with Crippen LogP contribution < -0.4 is 0 Å². The molecule has 0 unspecified atom stereocenters. The summed E-state index contributed by atoms with van der Waals surface area (Å²) < 4.78 is 4.59. The van der Waals surface area contributed by atoms with Crippen molar-refractivity contribution >= 4 is 23.6 Å². The summed E-state index contributed by atoms with van der Waals surface area (Å²) in [7, 11) is 3.16. The summed E-state index contributed by atoms with van der Waals surface area (Å²) >= 11 is 1.58. The fourth-order valence-corrected chi connectivity index (χ4v) is 3.48. The van der Waals surface area contributed by atoms with Crippen LogP contribution in [0.4, 0.5) is 0 Å². The summed E-state index contributed by atoms with van der Waals surface area (Å²) in [6, 6.07) is 6.52. The van der Waals surface area contributed by atoms with Crippen molar-refractivity contribution in [2.75, 3.05) is 26.5 Å². The molecule has 2 rings (SSSR count). The first-order valence-corrected chi connectivity index (χ1v) is 8.64. The fourth-order valence-electron chi connectivity index (χ4n) is 2.58. The van der Waals surface area contributed by atoms with E-state index in [1.165, 1.54) is 31.1 Å². The maximum atomic E-state index is 12.1. The Bertz CT molecular complexity index is 545. The van der Waals surface area contributed by atoms with Crippen LogP contribution in [0.5, 0.6) is 0 Å². The van der Waals surface area contributed by atoms with Crippen molar-refractivity contribution in [3.63, 3.8) is 0 Å². The highest BCUT2D eigenvalue weighted by Crippen LogP contribution is 2.27. The van der Waals surface area contributed by atoms with Crippen molar-refractivity contribution in [1.82, 2.24) is 4.90 Å². The molecule has 1 aromatic rings. The van der Waals surface area contributed by atoms with Crippen LogP contribution in [0.3, 0.4) is 0 Å². The van der Waals surface area contributed by atoms with E-state index in [9.17, 15) is 9.59 Å². The minimum atomic E-state index is -0.228. The summed E-state index contributed by atoms with van der Waals surface area (Å²) in [5, 5.41) is 0. The molecule has 5 heteroatoms. The van der Waals surface area contributed by atoms with Crippen LogP contribution >= 0.6 is 11.8 Å². The summed E-state index contributed by atoms with van der Waals surface area (Å²) in [6.07, 6.45) is 4.57. The van der Waals surface area contributed by atoms with Gasteiger partial charge in [-0.25, -0.2) is 0 Å². The van der Waals surface area contributed by atoms with Gasteiger partial charge >= 0.3 is 5.97 Å². The number of hydrogen-bond donors (Lipinski definition) is 0. The van der Waals surface area contributed by atoms with E-state index in [0.29, 0.717) is 25.1 Å². The van der Waals surface area contributed by atoms with Gasteiger partial charge in [-0.15, -0.1) is 11.8 Å². The molecular weight excluding hydrogens is 298 g/mol. The molecule has 0 radical (unpaired) electrons. The Morgan fingerprint density at radius 1 is 1.27 bits per heavy atom. The van der Waals surface area contributed by atoms with Crippen LogP contribution in [0.2, 0.25) is 0 Å². The highest BCUT2D eigenvalue weighted by Gasteiger charge is 2.13. The van der Waals surface area contributed by atoms with Crippen LogP contribution in [-0.4, -0.2) is 43.2 Å². The number of esters is 1. The third kappa shape index (κ3) is 4.77. The Morgan fingerprint density at radius 2 is 2.05 bits per heavy atom. The van der Waals surface area contributed by atoms with Gasteiger partial charge < -0.3 is 9.64 Å². The van der Waals surface area contributed by atoms with E-state index < -0.39 is 0 Å². The van der Waals surface area contributed by atoms with Crippen LogP contribution in [0.25, 0.3) is 0 Å². The van der Waals surface area contributed by atoms with Crippen molar-refractivity contribution in [1.29, 1.82) is 0 Å². The van der Waals surface area contributed by atoms with Crippen LogP contribution in [0.1, 0.15) is 30.4 Å². The van der Waals surface area contributed by atoms with Gasteiger partial charge in [-0.1, -0.05) is 6.07 Å². The smallest absolute Gasteiger partial charge is 0.305 e. The van der Waals surface area contributed by atoms with Gasteiger partial charge in [0.25, 0.3) is 0 Å². The molecular formula is C17H23NO3S. The van der Waals surface area contributed by atoms with E-state index >= 15 is 0 Å². The number of carbonyl (C=O) groups is 2. The van der Waals surface area contributed by atoms with E-state index in [4.69, 9.17) is 0 Å². The first-order chi connectivity index (χ1) is 10.6. The Hall–Kier alpha value is -1.49. The molecule has 0 atom stereocenters. The predicted octanol–water partition coefficient (Wildman–Crippen LogP) is 2.68. The number of fused-ring (bicyclic) bond motifs is 1. The fraction of sp³-hybridized carbons (Fsp3) is 0.529. The minimum Gasteiger partial charge on any atom is -0.469 e. The molecule has 0 heterocycles. The largest absolute Gasteiger partial charge is 0.469 e. The van der Waals surface area contributed by atoms with Crippen LogP contribution in [-0.2, 0) is 27.2 Å². The number of benzene rings is 1. The third-order valence-electron chi connectivity index (χ3n) is 3.96. The molecule has 120 valence electrons. The number of thioether (sulfide) groups is 1. The molecule has 1 amide bonds. The van der Waals surface area contributed by atoms with Crippen molar-refractivity contribution in [3.05, 3.63) is 29.3 Å². The SMILES string of the molecule is COC(=O)CCCN(C)C(=O)CSc1ccc2c(c1)CCC2. The first kappa shape index (κ1) is 16.9. The maximum Gasteiger partial charge on any atom is 0.305 e. The zero-order chi connectivity index (χ0) is 15.9. The highest BCUT2D eigenvalue weighted by molar-refractivity contribution is 8.00. The Labute approximate surface area is 136 Å².